The highest BCUT2D eigenvalue weighted by atomic mass is 35.5. The van der Waals surface area contributed by atoms with Gasteiger partial charge in [0.2, 0.25) is 5.91 Å². The minimum Gasteiger partial charge on any atom is -0.496 e. The maximum Gasteiger partial charge on any atom is 0.417 e. The molecular weight excluding hydrogens is 367 g/mol. The second-order valence-corrected chi connectivity index (χ2v) is 6.01. The number of ether oxygens (including phenoxy) is 1. The van der Waals surface area contributed by atoms with Crippen molar-refractivity contribution in [1.29, 1.82) is 0 Å². The lowest BCUT2D eigenvalue weighted by molar-refractivity contribution is -0.125. The highest BCUT2D eigenvalue weighted by Crippen LogP contribution is 2.34. The molecule has 0 saturated carbocycles. The molecule has 0 heterocycles. The molecule has 0 N–H and O–H groups in total. The number of halogens is 4. The summed E-state index contributed by atoms with van der Waals surface area (Å²) in [6, 6.07) is 12.1. The van der Waals surface area contributed by atoms with E-state index in [2.05, 4.69) is 0 Å². The Labute approximate surface area is 154 Å². The SMILES string of the molecule is COc1ccc(Cl)cc1CN(C)C(=O)/C=C(/c1ccccc1)C(F)(F)F. The normalized spacial score (nSPS) is 12.0. The molecule has 138 valence electrons. The zero-order valence-corrected chi connectivity index (χ0v) is 14.9. The molecule has 1 amide bonds. The predicted octanol–water partition coefficient (Wildman–Crippen LogP) is 4.95. The smallest absolute Gasteiger partial charge is 0.417 e. The Balaban J connectivity index is 2.29. The molecule has 0 bridgehead atoms. The minimum absolute atomic E-state index is 0.0546. The Bertz CT molecular complexity index is 804. The van der Waals surface area contributed by atoms with Crippen LogP contribution in [0.5, 0.6) is 5.75 Å². The Kier molecular flexibility index (Phi) is 6.32. The molecule has 0 aliphatic heterocycles. The van der Waals surface area contributed by atoms with Crippen molar-refractivity contribution >= 4 is 23.1 Å². The third-order valence-corrected chi connectivity index (χ3v) is 3.92. The number of likely N-dealkylation sites (N-methyl/N-ethyl adjacent to an activating group) is 1. The van der Waals surface area contributed by atoms with E-state index in [0.29, 0.717) is 22.4 Å². The molecule has 0 aliphatic carbocycles. The molecule has 0 atom stereocenters. The van der Waals surface area contributed by atoms with Crippen molar-refractivity contribution in [2.24, 2.45) is 0 Å². The van der Waals surface area contributed by atoms with Gasteiger partial charge in [-0.25, -0.2) is 0 Å². The average Bonchev–Trinajstić information content (AvgIpc) is 2.59. The number of carbonyl (C=O) groups is 1. The van der Waals surface area contributed by atoms with Gasteiger partial charge in [0.1, 0.15) is 5.75 Å². The monoisotopic (exact) mass is 383 g/mol. The quantitative estimate of drug-likeness (QED) is 0.683. The zero-order chi connectivity index (χ0) is 19.3. The largest absolute Gasteiger partial charge is 0.496 e. The summed E-state index contributed by atoms with van der Waals surface area (Å²) in [6.45, 7) is 0.0546. The highest BCUT2D eigenvalue weighted by molar-refractivity contribution is 6.30. The molecule has 0 aliphatic rings. The van der Waals surface area contributed by atoms with Gasteiger partial charge in [0, 0.05) is 30.3 Å². The first-order valence-corrected chi connectivity index (χ1v) is 8.02. The number of hydrogen-bond donors (Lipinski definition) is 0. The summed E-state index contributed by atoms with van der Waals surface area (Å²) in [5.74, 6) is -0.277. The van der Waals surface area contributed by atoms with Gasteiger partial charge in [-0.3, -0.25) is 4.79 Å². The van der Waals surface area contributed by atoms with Gasteiger partial charge in [0.15, 0.2) is 0 Å². The Morgan fingerprint density at radius 3 is 2.42 bits per heavy atom. The number of alkyl halides is 3. The van der Waals surface area contributed by atoms with Crippen LogP contribution < -0.4 is 4.74 Å². The van der Waals surface area contributed by atoms with Gasteiger partial charge in [-0.05, 0) is 23.8 Å². The predicted molar refractivity (Wildman–Crippen MR) is 95.0 cm³/mol. The van der Waals surface area contributed by atoms with Gasteiger partial charge in [-0.1, -0.05) is 41.9 Å². The third-order valence-electron chi connectivity index (χ3n) is 3.68. The second kappa shape index (κ2) is 8.27. The number of hydrogen-bond acceptors (Lipinski definition) is 2. The fraction of sp³-hybridized carbons (Fsp3) is 0.211. The average molecular weight is 384 g/mol. The van der Waals surface area contributed by atoms with Crippen molar-refractivity contribution in [3.05, 3.63) is 70.8 Å². The van der Waals surface area contributed by atoms with E-state index >= 15 is 0 Å². The van der Waals surface area contributed by atoms with E-state index < -0.39 is 17.7 Å². The second-order valence-electron chi connectivity index (χ2n) is 5.57. The highest BCUT2D eigenvalue weighted by Gasteiger charge is 2.35. The Morgan fingerprint density at radius 1 is 1.19 bits per heavy atom. The van der Waals surface area contributed by atoms with Crippen LogP contribution in [-0.4, -0.2) is 31.1 Å². The number of methoxy groups -OCH3 is 1. The lowest BCUT2D eigenvalue weighted by atomic mass is 10.0. The molecule has 0 spiro atoms. The van der Waals surface area contributed by atoms with Crippen molar-refractivity contribution in [2.75, 3.05) is 14.2 Å². The van der Waals surface area contributed by atoms with Crippen molar-refractivity contribution in [1.82, 2.24) is 4.90 Å². The summed E-state index contributed by atoms with van der Waals surface area (Å²) in [4.78, 5) is 13.5. The van der Waals surface area contributed by atoms with Crippen LogP contribution in [0.3, 0.4) is 0 Å². The van der Waals surface area contributed by atoms with E-state index in [9.17, 15) is 18.0 Å². The first-order chi connectivity index (χ1) is 12.2. The van der Waals surface area contributed by atoms with Crippen LogP contribution in [0.25, 0.3) is 5.57 Å². The molecule has 0 saturated heterocycles. The summed E-state index contributed by atoms with van der Waals surface area (Å²) in [7, 11) is 2.88. The van der Waals surface area contributed by atoms with Gasteiger partial charge in [0.25, 0.3) is 0 Å². The standard InChI is InChI=1S/C19H17ClF3NO2/c1-24(12-14-10-15(20)8-9-17(14)26-2)18(25)11-16(19(21,22)23)13-6-4-3-5-7-13/h3-11H,12H2,1-2H3/b16-11-. The molecule has 0 fully saturated rings. The number of nitrogens with zero attached hydrogens (tertiary/aromatic N) is 1. The van der Waals surface area contributed by atoms with E-state index in [0.717, 1.165) is 0 Å². The van der Waals surface area contributed by atoms with Crippen LogP contribution in [0.2, 0.25) is 5.02 Å². The van der Waals surface area contributed by atoms with Crippen LogP contribution in [0.4, 0.5) is 13.2 Å². The fourth-order valence-corrected chi connectivity index (χ4v) is 2.58. The Morgan fingerprint density at radius 2 is 1.85 bits per heavy atom. The van der Waals surface area contributed by atoms with E-state index in [-0.39, 0.29) is 12.1 Å². The first kappa shape index (κ1) is 19.8. The van der Waals surface area contributed by atoms with Gasteiger partial charge in [-0.15, -0.1) is 0 Å². The van der Waals surface area contributed by atoms with Crippen molar-refractivity contribution < 1.29 is 22.7 Å². The molecule has 2 aromatic carbocycles. The van der Waals surface area contributed by atoms with E-state index in [1.54, 1.807) is 24.3 Å². The molecule has 2 rings (SSSR count). The molecule has 2 aromatic rings. The molecule has 0 unspecified atom stereocenters. The topological polar surface area (TPSA) is 29.5 Å². The molecule has 7 heteroatoms. The van der Waals surface area contributed by atoms with Crippen LogP contribution >= 0.6 is 11.6 Å². The third kappa shape index (κ3) is 5.02. The van der Waals surface area contributed by atoms with Gasteiger partial charge in [0.05, 0.1) is 12.7 Å². The number of amides is 1. The lowest BCUT2D eigenvalue weighted by Gasteiger charge is -2.19. The number of allylic oxidation sites excluding steroid dienone is 1. The van der Waals surface area contributed by atoms with E-state index in [4.69, 9.17) is 16.3 Å². The number of carbonyl (C=O) groups excluding carboxylic acids is 1. The molecule has 0 radical (unpaired) electrons. The van der Waals surface area contributed by atoms with E-state index in [1.165, 1.54) is 43.3 Å². The van der Waals surface area contributed by atoms with Crippen LogP contribution in [0, 0.1) is 0 Å². The maximum atomic E-state index is 13.4. The van der Waals surface area contributed by atoms with Gasteiger partial charge < -0.3 is 9.64 Å². The van der Waals surface area contributed by atoms with Gasteiger partial charge >= 0.3 is 6.18 Å². The van der Waals surface area contributed by atoms with Crippen molar-refractivity contribution in [3.63, 3.8) is 0 Å². The molecule has 3 nitrogen and oxygen atoms in total. The summed E-state index contributed by atoms with van der Waals surface area (Å²) >= 11 is 5.94. The Hall–Kier alpha value is -2.47. The zero-order valence-electron chi connectivity index (χ0n) is 14.2. The maximum absolute atomic E-state index is 13.4. The summed E-state index contributed by atoms with van der Waals surface area (Å²) in [6.07, 6.45) is -4.04. The van der Waals surface area contributed by atoms with Crippen molar-refractivity contribution in [2.45, 2.75) is 12.7 Å². The summed E-state index contributed by atoms with van der Waals surface area (Å²) < 4.78 is 45.2. The van der Waals surface area contributed by atoms with Crippen LogP contribution in [0.15, 0.2) is 54.6 Å². The lowest BCUT2D eigenvalue weighted by Crippen LogP contribution is -2.26. The first-order valence-electron chi connectivity index (χ1n) is 7.64. The minimum atomic E-state index is -4.65. The molecule has 0 aromatic heterocycles. The van der Waals surface area contributed by atoms with Crippen LogP contribution in [-0.2, 0) is 11.3 Å². The summed E-state index contributed by atoms with van der Waals surface area (Å²) in [5, 5.41) is 0.442. The molecule has 26 heavy (non-hydrogen) atoms. The van der Waals surface area contributed by atoms with E-state index in [1.807, 2.05) is 0 Å². The molecular formula is C19H17ClF3NO2. The van der Waals surface area contributed by atoms with Crippen molar-refractivity contribution in [3.8, 4) is 5.75 Å². The van der Waals surface area contributed by atoms with Gasteiger partial charge in [-0.2, -0.15) is 13.2 Å². The number of rotatable bonds is 5. The van der Waals surface area contributed by atoms with Crippen LogP contribution in [0.1, 0.15) is 11.1 Å². The fourth-order valence-electron chi connectivity index (χ4n) is 2.38. The summed E-state index contributed by atoms with van der Waals surface area (Å²) in [5.41, 5.74) is -0.465. The number of benzene rings is 2.